The Hall–Kier alpha value is -2.15. The molecule has 142 valence electrons. The lowest BCUT2D eigenvalue weighted by Crippen LogP contribution is -2.33. The number of benzene rings is 1. The Kier molecular flexibility index (Phi) is 5.99. The molecule has 7 nitrogen and oxygen atoms in total. The molecule has 3 N–H and O–H groups in total. The first-order valence-electron chi connectivity index (χ1n) is 8.56. The molecule has 0 atom stereocenters. The SMILES string of the molecule is C#CN(c1nc(Nc2ccc(S(N)(=O)=O)cc2)ncc1Br)C1CCCCC1. The van der Waals surface area contributed by atoms with E-state index in [0.717, 1.165) is 30.2 Å². The molecule has 1 aromatic carbocycles. The fourth-order valence-electron chi connectivity index (χ4n) is 3.12. The van der Waals surface area contributed by atoms with Gasteiger partial charge in [0, 0.05) is 24.0 Å². The predicted molar refractivity (Wildman–Crippen MR) is 109 cm³/mol. The highest BCUT2D eigenvalue weighted by Crippen LogP contribution is 2.31. The smallest absolute Gasteiger partial charge is 0.238 e. The van der Waals surface area contributed by atoms with Crippen molar-refractivity contribution in [2.45, 2.75) is 43.0 Å². The molecule has 1 fully saturated rings. The zero-order valence-electron chi connectivity index (χ0n) is 14.6. The summed E-state index contributed by atoms with van der Waals surface area (Å²) in [4.78, 5) is 10.7. The number of hydrogen-bond acceptors (Lipinski definition) is 6. The first kappa shape index (κ1) is 19.6. The monoisotopic (exact) mass is 449 g/mol. The number of primary sulfonamides is 1. The molecule has 0 aliphatic heterocycles. The van der Waals surface area contributed by atoms with Crippen molar-refractivity contribution in [2.24, 2.45) is 5.14 Å². The van der Waals surface area contributed by atoms with Crippen LogP contribution in [0, 0.1) is 12.5 Å². The van der Waals surface area contributed by atoms with Crippen LogP contribution in [0.5, 0.6) is 0 Å². The van der Waals surface area contributed by atoms with Crippen molar-refractivity contribution in [1.82, 2.24) is 9.97 Å². The first-order valence-corrected chi connectivity index (χ1v) is 10.9. The molecule has 0 radical (unpaired) electrons. The topological polar surface area (TPSA) is 101 Å². The Morgan fingerprint density at radius 3 is 2.48 bits per heavy atom. The molecule has 1 heterocycles. The summed E-state index contributed by atoms with van der Waals surface area (Å²) in [7, 11) is -3.73. The van der Waals surface area contributed by atoms with Crippen LogP contribution >= 0.6 is 15.9 Å². The summed E-state index contributed by atoms with van der Waals surface area (Å²) in [6, 6.07) is 9.06. The van der Waals surface area contributed by atoms with Crippen molar-refractivity contribution in [3.63, 3.8) is 0 Å². The molecule has 3 rings (SSSR count). The summed E-state index contributed by atoms with van der Waals surface area (Å²) in [5.41, 5.74) is 0.639. The number of nitrogens with zero attached hydrogens (tertiary/aromatic N) is 3. The normalized spacial score (nSPS) is 15.1. The van der Waals surface area contributed by atoms with Gasteiger partial charge in [-0.15, -0.1) is 0 Å². The second-order valence-corrected chi connectivity index (χ2v) is 8.77. The summed E-state index contributed by atoms with van der Waals surface area (Å²) in [5.74, 6) is 1.01. The van der Waals surface area contributed by atoms with Gasteiger partial charge in [0.05, 0.1) is 9.37 Å². The third-order valence-corrected chi connectivity index (χ3v) is 5.96. The van der Waals surface area contributed by atoms with Gasteiger partial charge in [-0.05, 0) is 53.0 Å². The molecule has 0 spiro atoms. The zero-order chi connectivity index (χ0) is 19.4. The standard InChI is InChI=1S/C18H20BrN5O2S/c1-2-24(14-6-4-3-5-7-14)17-16(19)12-21-18(23-17)22-13-8-10-15(11-9-13)27(20,25)26/h1,8-12,14H,3-7H2,(H2,20,25,26)(H,21,22,23). The van der Waals surface area contributed by atoms with Gasteiger partial charge in [0.25, 0.3) is 0 Å². The fraction of sp³-hybridized carbons (Fsp3) is 0.333. The Balaban J connectivity index is 1.83. The first-order chi connectivity index (χ1) is 12.9. The number of rotatable bonds is 5. The van der Waals surface area contributed by atoms with E-state index in [1.807, 2.05) is 4.90 Å². The van der Waals surface area contributed by atoms with E-state index in [0.29, 0.717) is 17.5 Å². The van der Waals surface area contributed by atoms with Gasteiger partial charge in [-0.3, -0.25) is 4.90 Å². The second kappa shape index (κ2) is 8.25. The molecular weight excluding hydrogens is 430 g/mol. The van der Waals surface area contributed by atoms with Crippen LogP contribution < -0.4 is 15.4 Å². The number of terminal acetylenes is 1. The van der Waals surface area contributed by atoms with Gasteiger partial charge in [-0.2, -0.15) is 4.98 Å². The Morgan fingerprint density at radius 1 is 1.22 bits per heavy atom. The van der Waals surface area contributed by atoms with Gasteiger partial charge in [-0.25, -0.2) is 18.5 Å². The molecule has 2 aromatic rings. The van der Waals surface area contributed by atoms with Crippen LogP contribution in [-0.2, 0) is 10.0 Å². The van der Waals surface area contributed by atoms with Crippen molar-refractivity contribution < 1.29 is 8.42 Å². The lowest BCUT2D eigenvalue weighted by Gasteiger charge is -2.31. The Labute approximate surface area is 167 Å². The van der Waals surface area contributed by atoms with Gasteiger partial charge >= 0.3 is 0 Å². The van der Waals surface area contributed by atoms with Gasteiger partial charge < -0.3 is 5.32 Å². The highest BCUT2D eigenvalue weighted by atomic mass is 79.9. The summed E-state index contributed by atoms with van der Waals surface area (Å²) in [6.07, 6.45) is 13.1. The minimum absolute atomic E-state index is 0.0428. The molecule has 0 amide bonds. The summed E-state index contributed by atoms with van der Waals surface area (Å²) in [6.45, 7) is 0. The van der Waals surface area contributed by atoms with Crippen LogP contribution in [0.2, 0.25) is 0 Å². The molecule has 9 heteroatoms. The van der Waals surface area contributed by atoms with Crippen molar-refractivity contribution >= 4 is 43.4 Å². The number of nitrogens with one attached hydrogen (secondary N) is 1. The van der Waals surface area contributed by atoms with E-state index >= 15 is 0 Å². The Morgan fingerprint density at radius 2 is 1.89 bits per heavy atom. The van der Waals surface area contributed by atoms with Crippen molar-refractivity contribution in [3.8, 4) is 12.5 Å². The summed E-state index contributed by atoms with van der Waals surface area (Å²) >= 11 is 3.48. The van der Waals surface area contributed by atoms with E-state index in [9.17, 15) is 8.42 Å². The number of sulfonamides is 1. The van der Waals surface area contributed by atoms with Crippen LogP contribution in [-0.4, -0.2) is 24.4 Å². The number of halogens is 1. The van der Waals surface area contributed by atoms with Crippen molar-refractivity contribution in [2.75, 3.05) is 10.2 Å². The van der Waals surface area contributed by atoms with Crippen LogP contribution in [0.15, 0.2) is 39.8 Å². The van der Waals surface area contributed by atoms with Crippen molar-refractivity contribution in [1.29, 1.82) is 0 Å². The van der Waals surface area contributed by atoms with E-state index < -0.39 is 10.0 Å². The summed E-state index contributed by atoms with van der Waals surface area (Å²) in [5, 5.41) is 8.17. The molecule has 0 saturated heterocycles. The molecule has 1 aromatic heterocycles. The van der Waals surface area contributed by atoms with Gasteiger partial charge in [0.2, 0.25) is 16.0 Å². The number of hydrogen-bond donors (Lipinski definition) is 2. The molecule has 0 bridgehead atoms. The average molecular weight is 450 g/mol. The highest BCUT2D eigenvalue weighted by Gasteiger charge is 2.23. The molecule has 27 heavy (non-hydrogen) atoms. The number of nitrogens with two attached hydrogens (primary N) is 1. The second-order valence-electron chi connectivity index (χ2n) is 6.35. The fourth-order valence-corrected chi connectivity index (χ4v) is 4.02. The lowest BCUT2D eigenvalue weighted by molar-refractivity contribution is 0.436. The maximum Gasteiger partial charge on any atom is 0.238 e. The molecule has 1 aliphatic carbocycles. The predicted octanol–water partition coefficient (Wildman–Crippen LogP) is 3.36. The van der Waals surface area contributed by atoms with Crippen LogP contribution in [0.25, 0.3) is 0 Å². The molecule has 1 saturated carbocycles. The van der Waals surface area contributed by atoms with Gasteiger partial charge in [-0.1, -0.05) is 25.7 Å². The van der Waals surface area contributed by atoms with E-state index in [4.69, 9.17) is 11.6 Å². The molecular formula is C18H20BrN5O2S. The third kappa shape index (κ3) is 4.77. The minimum atomic E-state index is -3.73. The quantitative estimate of drug-likeness (QED) is 0.535. The molecule has 0 unspecified atom stereocenters. The maximum atomic E-state index is 11.3. The average Bonchev–Trinajstić information content (AvgIpc) is 2.65. The Bertz CT molecular complexity index is 951. The van der Waals surface area contributed by atoms with E-state index in [1.54, 1.807) is 18.3 Å². The van der Waals surface area contributed by atoms with Gasteiger partial charge in [0.15, 0.2) is 5.82 Å². The minimum Gasteiger partial charge on any atom is -0.324 e. The maximum absolute atomic E-state index is 11.3. The van der Waals surface area contributed by atoms with E-state index in [1.165, 1.54) is 18.6 Å². The zero-order valence-corrected chi connectivity index (χ0v) is 17.0. The largest absolute Gasteiger partial charge is 0.324 e. The number of anilines is 3. The van der Waals surface area contributed by atoms with E-state index in [2.05, 4.69) is 37.3 Å². The van der Waals surface area contributed by atoms with E-state index in [-0.39, 0.29) is 10.9 Å². The number of aromatic nitrogens is 2. The van der Waals surface area contributed by atoms with Crippen LogP contribution in [0.1, 0.15) is 32.1 Å². The van der Waals surface area contributed by atoms with Gasteiger partial charge in [0.1, 0.15) is 0 Å². The lowest BCUT2D eigenvalue weighted by atomic mass is 9.94. The molecule has 1 aliphatic rings. The summed E-state index contributed by atoms with van der Waals surface area (Å²) < 4.78 is 23.4. The highest BCUT2D eigenvalue weighted by molar-refractivity contribution is 9.10. The van der Waals surface area contributed by atoms with Crippen molar-refractivity contribution in [3.05, 3.63) is 34.9 Å². The third-order valence-electron chi connectivity index (χ3n) is 4.47. The van der Waals surface area contributed by atoms with Crippen LogP contribution in [0.4, 0.5) is 17.5 Å². The van der Waals surface area contributed by atoms with Crippen LogP contribution in [0.3, 0.4) is 0 Å².